The Morgan fingerprint density at radius 1 is 1.15 bits per heavy atom. The molecule has 1 N–H and O–H groups in total. The SMILES string of the molecule is COc1ccc(NC(=O)CN2CCN(c3ccnc(F)c3)CC2)c(OC)c1. The number of carbonyl (C=O) groups excluding carboxylic acids is 1. The molecule has 1 aromatic heterocycles. The summed E-state index contributed by atoms with van der Waals surface area (Å²) in [5.74, 6) is 0.616. The van der Waals surface area contributed by atoms with Crippen molar-refractivity contribution in [3.63, 3.8) is 0 Å². The number of piperazine rings is 1. The van der Waals surface area contributed by atoms with Crippen LogP contribution in [0.5, 0.6) is 11.5 Å². The standard InChI is InChI=1S/C19H23FN4O3/c1-26-15-3-4-16(17(12-15)27-2)22-19(25)13-23-7-9-24(10-8-23)14-5-6-21-18(20)11-14/h3-6,11-12H,7-10,13H2,1-2H3,(H,22,25). The summed E-state index contributed by atoms with van der Waals surface area (Å²) in [6.07, 6.45) is 1.47. The van der Waals surface area contributed by atoms with Gasteiger partial charge in [0.1, 0.15) is 11.5 Å². The van der Waals surface area contributed by atoms with E-state index in [9.17, 15) is 9.18 Å². The largest absolute Gasteiger partial charge is 0.497 e. The van der Waals surface area contributed by atoms with Crippen LogP contribution in [0.25, 0.3) is 0 Å². The molecule has 2 heterocycles. The maximum Gasteiger partial charge on any atom is 0.238 e. The van der Waals surface area contributed by atoms with E-state index in [4.69, 9.17) is 9.47 Å². The number of benzene rings is 1. The Morgan fingerprint density at radius 2 is 1.93 bits per heavy atom. The third-order valence-electron chi connectivity index (χ3n) is 4.50. The van der Waals surface area contributed by atoms with Crippen LogP contribution < -0.4 is 19.7 Å². The third-order valence-corrected chi connectivity index (χ3v) is 4.50. The van der Waals surface area contributed by atoms with E-state index in [2.05, 4.69) is 20.1 Å². The summed E-state index contributed by atoms with van der Waals surface area (Å²) in [7, 11) is 3.12. The van der Waals surface area contributed by atoms with Gasteiger partial charge < -0.3 is 19.7 Å². The van der Waals surface area contributed by atoms with Crippen LogP contribution in [0, 0.1) is 5.95 Å². The molecular formula is C19H23FN4O3. The predicted molar refractivity (Wildman–Crippen MR) is 101 cm³/mol. The average molecular weight is 374 g/mol. The smallest absolute Gasteiger partial charge is 0.238 e. The van der Waals surface area contributed by atoms with Gasteiger partial charge in [0.05, 0.1) is 26.5 Å². The highest BCUT2D eigenvalue weighted by Crippen LogP contribution is 2.29. The predicted octanol–water partition coefficient (Wildman–Crippen LogP) is 2.00. The monoisotopic (exact) mass is 374 g/mol. The Morgan fingerprint density at radius 3 is 2.59 bits per heavy atom. The van der Waals surface area contributed by atoms with Gasteiger partial charge in [0, 0.05) is 50.2 Å². The Bertz CT molecular complexity index is 794. The number of carbonyl (C=O) groups is 1. The molecular weight excluding hydrogens is 351 g/mol. The molecule has 0 aliphatic carbocycles. The lowest BCUT2D eigenvalue weighted by molar-refractivity contribution is -0.117. The van der Waals surface area contributed by atoms with E-state index < -0.39 is 5.95 Å². The number of pyridine rings is 1. The zero-order valence-corrected chi connectivity index (χ0v) is 15.4. The molecule has 8 heteroatoms. The van der Waals surface area contributed by atoms with Crippen LogP contribution in [0.3, 0.4) is 0 Å². The van der Waals surface area contributed by atoms with E-state index in [1.807, 2.05) is 0 Å². The molecule has 27 heavy (non-hydrogen) atoms. The molecule has 3 rings (SSSR count). The molecule has 0 unspecified atom stereocenters. The molecule has 1 amide bonds. The number of nitrogens with one attached hydrogen (secondary N) is 1. The Balaban J connectivity index is 1.52. The van der Waals surface area contributed by atoms with E-state index in [1.165, 1.54) is 12.3 Å². The van der Waals surface area contributed by atoms with Crippen LogP contribution in [0.2, 0.25) is 0 Å². The second-order valence-electron chi connectivity index (χ2n) is 6.21. The molecule has 7 nitrogen and oxygen atoms in total. The van der Waals surface area contributed by atoms with Gasteiger partial charge in [0.25, 0.3) is 0 Å². The number of amides is 1. The quantitative estimate of drug-likeness (QED) is 0.780. The van der Waals surface area contributed by atoms with Crippen molar-refractivity contribution in [1.82, 2.24) is 9.88 Å². The number of aromatic nitrogens is 1. The first-order valence-corrected chi connectivity index (χ1v) is 8.70. The maximum absolute atomic E-state index is 13.3. The molecule has 0 saturated carbocycles. The van der Waals surface area contributed by atoms with E-state index in [0.29, 0.717) is 17.2 Å². The molecule has 0 spiro atoms. The first-order chi connectivity index (χ1) is 13.1. The van der Waals surface area contributed by atoms with Gasteiger partial charge in [-0.05, 0) is 18.2 Å². The fourth-order valence-corrected chi connectivity index (χ4v) is 3.05. The van der Waals surface area contributed by atoms with Crippen LogP contribution in [0.4, 0.5) is 15.8 Å². The van der Waals surface area contributed by atoms with Crippen LogP contribution >= 0.6 is 0 Å². The molecule has 1 fully saturated rings. The number of halogens is 1. The fraction of sp³-hybridized carbons (Fsp3) is 0.368. The Labute approximate surface area is 157 Å². The molecule has 1 aromatic carbocycles. The van der Waals surface area contributed by atoms with Crippen LogP contribution in [0.1, 0.15) is 0 Å². The molecule has 1 aliphatic heterocycles. The molecule has 0 atom stereocenters. The lowest BCUT2D eigenvalue weighted by Gasteiger charge is -2.35. The minimum atomic E-state index is -0.484. The summed E-state index contributed by atoms with van der Waals surface area (Å²) in [4.78, 5) is 20.1. The van der Waals surface area contributed by atoms with Crippen molar-refractivity contribution in [3.8, 4) is 11.5 Å². The zero-order chi connectivity index (χ0) is 19.2. The molecule has 144 valence electrons. The highest BCUT2D eigenvalue weighted by molar-refractivity contribution is 5.93. The van der Waals surface area contributed by atoms with E-state index in [1.54, 1.807) is 38.5 Å². The number of anilines is 2. The second kappa shape index (κ2) is 8.68. The van der Waals surface area contributed by atoms with Crippen LogP contribution in [-0.2, 0) is 4.79 Å². The molecule has 0 bridgehead atoms. The van der Waals surface area contributed by atoms with E-state index in [0.717, 1.165) is 31.9 Å². The van der Waals surface area contributed by atoms with Crippen molar-refractivity contribution in [2.75, 3.05) is 57.2 Å². The van der Waals surface area contributed by atoms with Gasteiger partial charge in [-0.2, -0.15) is 4.39 Å². The number of nitrogens with zero attached hydrogens (tertiary/aromatic N) is 3. The number of hydrogen-bond acceptors (Lipinski definition) is 6. The number of rotatable bonds is 6. The highest BCUT2D eigenvalue weighted by atomic mass is 19.1. The minimum absolute atomic E-state index is 0.109. The summed E-state index contributed by atoms with van der Waals surface area (Å²) in [5.41, 5.74) is 1.42. The first-order valence-electron chi connectivity index (χ1n) is 8.70. The molecule has 1 aliphatic rings. The zero-order valence-electron chi connectivity index (χ0n) is 15.4. The second-order valence-corrected chi connectivity index (χ2v) is 6.21. The third kappa shape index (κ3) is 4.85. The molecule has 0 radical (unpaired) electrons. The summed E-state index contributed by atoms with van der Waals surface area (Å²) < 4.78 is 23.7. The number of ether oxygens (including phenoxy) is 2. The van der Waals surface area contributed by atoms with Gasteiger partial charge in [0.15, 0.2) is 0 Å². The van der Waals surface area contributed by atoms with Crippen LogP contribution in [-0.4, -0.2) is 62.7 Å². The lowest BCUT2D eigenvalue weighted by Crippen LogP contribution is -2.48. The van der Waals surface area contributed by atoms with Gasteiger partial charge in [-0.15, -0.1) is 0 Å². The maximum atomic E-state index is 13.3. The van der Waals surface area contributed by atoms with Crippen molar-refractivity contribution in [2.24, 2.45) is 0 Å². The van der Waals surface area contributed by atoms with Gasteiger partial charge in [-0.25, -0.2) is 4.98 Å². The van der Waals surface area contributed by atoms with Crippen LogP contribution in [0.15, 0.2) is 36.5 Å². The first kappa shape index (κ1) is 18.9. The number of methoxy groups -OCH3 is 2. The Kier molecular flexibility index (Phi) is 6.08. The van der Waals surface area contributed by atoms with Gasteiger partial charge in [0.2, 0.25) is 11.9 Å². The summed E-state index contributed by atoms with van der Waals surface area (Å²) in [6.45, 7) is 3.17. The number of hydrogen-bond donors (Lipinski definition) is 1. The van der Waals surface area contributed by atoms with E-state index >= 15 is 0 Å². The van der Waals surface area contributed by atoms with Gasteiger partial charge >= 0.3 is 0 Å². The normalized spacial score (nSPS) is 14.7. The Hall–Kier alpha value is -2.87. The summed E-state index contributed by atoms with van der Waals surface area (Å²) in [6, 6.07) is 8.47. The van der Waals surface area contributed by atoms with Crippen molar-refractivity contribution < 1.29 is 18.7 Å². The van der Waals surface area contributed by atoms with Crippen molar-refractivity contribution >= 4 is 17.3 Å². The van der Waals surface area contributed by atoms with Gasteiger partial charge in [-0.3, -0.25) is 9.69 Å². The van der Waals surface area contributed by atoms with Gasteiger partial charge in [-0.1, -0.05) is 0 Å². The van der Waals surface area contributed by atoms with Crippen molar-refractivity contribution in [3.05, 3.63) is 42.5 Å². The van der Waals surface area contributed by atoms with Crippen molar-refractivity contribution in [2.45, 2.75) is 0 Å². The molecule has 2 aromatic rings. The average Bonchev–Trinajstić information content (AvgIpc) is 2.68. The van der Waals surface area contributed by atoms with E-state index in [-0.39, 0.29) is 12.5 Å². The molecule has 1 saturated heterocycles. The highest BCUT2D eigenvalue weighted by Gasteiger charge is 2.20. The minimum Gasteiger partial charge on any atom is -0.497 e. The topological polar surface area (TPSA) is 66.9 Å². The van der Waals surface area contributed by atoms with Crippen molar-refractivity contribution in [1.29, 1.82) is 0 Å². The summed E-state index contributed by atoms with van der Waals surface area (Å²) in [5, 5.41) is 2.88. The fourth-order valence-electron chi connectivity index (χ4n) is 3.05. The lowest BCUT2D eigenvalue weighted by atomic mass is 10.2. The summed E-state index contributed by atoms with van der Waals surface area (Å²) >= 11 is 0.